The Morgan fingerprint density at radius 1 is 1.32 bits per heavy atom. The smallest absolute Gasteiger partial charge is 0.141 e. The normalized spacial score (nSPS) is 17.1. The third-order valence-electron chi connectivity index (χ3n) is 3.25. The second kappa shape index (κ2) is 4.51. The lowest BCUT2D eigenvalue weighted by molar-refractivity contribution is 0.242. The average molecular weight is 256 g/mol. The molecule has 5 heteroatoms. The van der Waals surface area contributed by atoms with Gasteiger partial charge in [-0.1, -0.05) is 6.07 Å². The van der Waals surface area contributed by atoms with Gasteiger partial charge in [0.25, 0.3) is 0 Å². The molecule has 0 bridgehead atoms. The van der Waals surface area contributed by atoms with Crippen LogP contribution in [0.15, 0.2) is 24.5 Å². The van der Waals surface area contributed by atoms with Crippen molar-refractivity contribution in [2.24, 2.45) is 5.73 Å². The highest BCUT2D eigenvalue weighted by Crippen LogP contribution is 2.38. The van der Waals surface area contributed by atoms with Crippen LogP contribution < -0.4 is 16.2 Å². The van der Waals surface area contributed by atoms with Crippen LogP contribution in [0.5, 0.6) is 5.75 Å². The van der Waals surface area contributed by atoms with Crippen LogP contribution in [-0.2, 0) is 6.42 Å². The van der Waals surface area contributed by atoms with Crippen molar-refractivity contribution in [1.82, 2.24) is 9.97 Å². The summed E-state index contributed by atoms with van der Waals surface area (Å²) in [5.41, 5.74) is 15.3. The number of anilines is 1. The molecule has 0 aliphatic carbocycles. The van der Waals surface area contributed by atoms with Crippen LogP contribution in [-0.4, -0.2) is 22.6 Å². The summed E-state index contributed by atoms with van der Waals surface area (Å²) in [4.78, 5) is 8.40. The van der Waals surface area contributed by atoms with Crippen LogP contribution in [0, 0.1) is 6.92 Å². The van der Waals surface area contributed by atoms with Crippen LogP contribution in [0.25, 0.3) is 11.3 Å². The van der Waals surface area contributed by atoms with Gasteiger partial charge >= 0.3 is 0 Å². The van der Waals surface area contributed by atoms with Crippen molar-refractivity contribution in [2.45, 2.75) is 19.4 Å². The number of fused-ring (bicyclic) bond motifs is 1. The predicted octanol–water partition coefficient (Wildman–Crippen LogP) is 1.30. The molecule has 0 saturated carbocycles. The molecular weight excluding hydrogens is 240 g/mol. The molecular formula is C14H16N4O. The fraction of sp³-hybridized carbons (Fsp3) is 0.286. The molecule has 5 nitrogen and oxygen atoms in total. The summed E-state index contributed by atoms with van der Waals surface area (Å²) in [5, 5.41) is 0. The second-order valence-electron chi connectivity index (χ2n) is 4.81. The quantitative estimate of drug-likeness (QED) is 0.845. The Bertz CT molecular complexity index is 610. The largest absolute Gasteiger partial charge is 0.488 e. The molecule has 2 heterocycles. The Kier molecular flexibility index (Phi) is 2.83. The van der Waals surface area contributed by atoms with Crippen molar-refractivity contribution < 1.29 is 4.74 Å². The van der Waals surface area contributed by atoms with Crippen molar-refractivity contribution in [3.63, 3.8) is 0 Å². The summed E-state index contributed by atoms with van der Waals surface area (Å²) in [6.45, 7) is 2.57. The number of nitrogen functional groups attached to an aromatic ring is 1. The van der Waals surface area contributed by atoms with E-state index in [1.165, 1.54) is 11.1 Å². The zero-order valence-corrected chi connectivity index (χ0v) is 10.8. The Morgan fingerprint density at radius 2 is 2.16 bits per heavy atom. The molecule has 0 saturated heterocycles. The van der Waals surface area contributed by atoms with Crippen molar-refractivity contribution >= 4 is 5.82 Å². The number of rotatable bonds is 2. The summed E-state index contributed by atoms with van der Waals surface area (Å²) in [5.74, 6) is 1.29. The van der Waals surface area contributed by atoms with E-state index in [1.807, 2.05) is 0 Å². The monoisotopic (exact) mass is 256 g/mol. The zero-order chi connectivity index (χ0) is 13.4. The number of aromatic nitrogens is 2. The van der Waals surface area contributed by atoms with Gasteiger partial charge in [0.15, 0.2) is 0 Å². The number of nitrogens with two attached hydrogens (primary N) is 2. The Labute approximate surface area is 111 Å². The van der Waals surface area contributed by atoms with Gasteiger partial charge in [0.1, 0.15) is 17.7 Å². The van der Waals surface area contributed by atoms with E-state index < -0.39 is 0 Å². The molecule has 1 aliphatic heterocycles. The first-order chi connectivity index (χ1) is 9.17. The minimum atomic E-state index is 0.0530. The molecule has 1 atom stereocenters. The molecule has 0 fully saturated rings. The van der Waals surface area contributed by atoms with E-state index in [1.54, 1.807) is 12.4 Å². The van der Waals surface area contributed by atoms with E-state index in [0.717, 1.165) is 23.4 Å². The van der Waals surface area contributed by atoms with Gasteiger partial charge < -0.3 is 16.2 Å². The Hall–Kier alpha value is -2.14. The second-order valence-corrected chi connectivity index (χ2v) is 4.81. The minimum absolute atomic E-state index is 0.0530. The van der Waals surface area contributed by atoms with Gasteiger partial charge in [-0.15, -0.1) is 0 Å². The molecule has 19 heavy (non-hydrogen) atoms. The summed E-state index contributed by atoms with van der Waals surface area (Å²) >= 11 is 0. The molecule has 0 radical (unpaired) electrons. The number of nitrogens with zero attached hydrogens (tertiary/aromatic N) is 2. The van der Waals surface area contributed by atoms with Crippen molar-refractivity contribution in [3.8, 4) is 17.0 Å². The van der Waals surface area contributed by atoms with E-state index in [4.69, 9.17) is 16.2 Å². The highest BCUT2D eigenvalue weighted by molar-refractivity contribution is 5.71. The number of hydrogen-bond acceptors (Lipinski definition) is 5. The first kappa shape index (κ1) is 11.9. The molecule has 1 aromatic heterocycles. The molecule has 0 unspecified atom stereocenters. The topological polar surface area (TPSA) is 87.0 Å². The minimum Gasteiger partial charge on any atom is -0.488 e. The molecule has 98 valence electrons. The molecule has 2 aromatic rings. The molecule has 4 N–H and O–H groups in total. The standard InChI is InChI=1S/C14H16N4O/c1-8-2-9-4-10(5-15)19-14(9)11(3-8)12-6-18-13(16)7-17-12/h2-3,6-7,10H,4-5,15H2,1H3,(H2,16,18)/t10-/m0/s1. The van der Waals surface area contributed by atoms with E-state index in [0.29, 0.717) is 12.4 Å². The summed E-state index contributed by atoms with van der Waals surface area (Å²) in [7, 11) is 0. The first-order valence-corrected chi connectivity index (χ1v) is 6.25. The Morgan fingerprint density at radius 3 is 2.84 bits per heavy atom. The van der Waals surface area contributed by atoms with Gasteiger partial charge in [-0.05, 0) is 24.1 Å². The molecule has 0 spiro atoms. The van der Waals surface area contributed by atoms with Gasteiger partial charge in [-0.25, -0.2) is 4.98 Å². The zero-order valence-electron chi connectivity index (χ0n) is 10.8. The molecule has 3 rings (SSSR count). The predicted molar refractivity (Wildman–Crippen MR) is 73.8 cm³/mol. The highest BCUT2D eigenvalue weighted by Gasteiger charge is 2.25. The van der Waals surface area contributed by atoms with E-state index in [2.05, 4.69) is 29.0 Å². The maximum absolute atomic E-state index is 5.90. The first-order valence-electron chi connectivity index (χ1n) is 6.25. The number of ether oxygens (including phenoxy) is 1. The summed E-state index contributed by atoms with van der Waals surface area (Å²) < 4.78 is 5.90. The van der Waals surface area contributed by atoms with Crippen molar-refractivity contribution in [2.75, 3.05) is 12.3 Å². The highest BCUT2D eigenvalue weighted by atomic mass is 16.5. The summed E-state index contributed by atoms with van der Waals surface area (Å²) in [6, 6.07) is 4.19. The lowest BCUT2D eigenvalue weighted by Crippen LogP contribution is -2.24. The lowest BCUT2D eigenvalue weighted by atomic mass is 10.0. The van der Waals surface area contributed by atoms with Crippen LogP contribution in [0.2, 0.25) is 0 Å². The Balaban J connectivity index is 2.10. The van der Waals surface area contributed by atoms with E-state index in [9.17, 15) is 0 Å². The maximum atomic E-state index is 5.90. The third-order valence-corrected chi connectivity index (χ3v) is 3.25. The van der Waals surface area contributed by atoms with Crippen molar-refractivity contribution in [1.29, 1.82) is 0 Å². The van der Waals surface area contributed by atoms with Gasteiger partial charge in [0.05, 0.1) is 18.1 Å². The fourth-order valence-electron chi connectivity index (χ4n) is 2.39. The van der Waals surface area contributed by atoms with Crippen LogP contribution in [0.3, 0.4) is 0 Å². The average Bonchev–Trinajstić information content (AvgIpc) is 2.81. The molecule has 1 aliphatic rings. The number of benzene rings is 1. The van der Waals surface area contributed by atoms with Gasteiger partial charge in [0, 0.05) is 18.5 Å². The van der Waals surface area contributed by atoms with Crippen molar-refractivity contribution in [3.05, 3.63) is 35.7 Å². The van der Waals surface area contributed by atoms with Crippen LogP contribution >= 0.6 is 0 Å². The molecule has 1 aromatic carbocycles. The third kappa shape index (κ3) is 2.13. The lowest BCUT2D eigenvalue weighted by Gasteiger charge is -2.11. The summed E-state index contributed by atoms with van der Waals surface area (Å²) in [6.07, 6.45) is 4.13. The van der Waals surface area contributed by atoms with Crippen LogP contribution in [0.4, 0.5) is 5.82 Å². The number of hydrogen-bond donors (Lipinski definition) is 2. The number of aryl methyl sites for hydroxylation is 1. The maximum Gasteiger partial charge on any atom is 0.141 e. The molecule has 0 amide bonds. The van der Waals surface area contributed by atoms with Gasteiger partial charge in [0.2, 0.25) is 0 Å². The fourth-order valence-corrected chi connectivity index (χ4v) is 2.39. The van der Waals surface area contributed by atoms with E-state index >= 15 is 0 Å². The van der Waals surface area contributed by atoms with Gasteiger partial charge in [-0.2, -0.15) is 0 Å². The SMILES string of the molecule is Cc1cc2c(c(-c3cnc(N)cn3)c1)O[C@H](CN)C2. The van der Waals surface area contributed by atoms with Crippen LogP contribution in [0.1, 0.15) is 11.1 Å². The van der Waals surface area contributed by atoms with Gasteiger partial charge in [-0.3, -0.25) is 4.98 Å². The van der Waals surface area contributed by atoms with E-state index in [-0.39, 0.29) is 6.10 Å².